The van der Waals surface area contributed by atoms with Crippen molar-refractivity contribution in [2.45, 2.75) is 31.5 Å². The molecule has 0 aromatic rings. The van der Waals surface area contributed by atoms with Crippen LogP contribution in [0.4, 0.5) is 0 Å². The van der Waals surface area contributed by atoms with Crippen LogP contribution in [0.25, 0.3) is 0 Å². The van der Waals surface area contributed by atoms with Crippen molar-refractivity contribution >= 4 is 0 Å². The summed E-state index contributed by atoms with van der Waals surface area (Å²) in [6.45, 7) is 5.19. The minimum Gasteiger partial charge on any atom is -0.377 e. The lowest BCUT2D eigenvalue weighted by atomic mass is 9.90. The Bertz CT molecular complexity index is 167. The van der Waals surface area contributed by atoms with Crippen LogP contribution in [0.5, 0.6) is 0 Å². The molecule has 0 bridgehead atoms. The second-order valence-electron chi connectivity index (χ2n) is 3.72. The summed E-state index contributed by atoms with van der Waals surface area (Å²) in [5.74, 6) is 0.730. The molecule has 0 N–H and O–H groups in total. The quantitative estimate of drug-likeness (QED) is 0.362. The first-order valence-corrected chi connectivity index (χ1v) is 4.74. The zero-order valence-corrected chi connectivity index (χ0v) is 7.37. The first-order valence-electron chi connectivity index (χ1n) is 4.74. The lowest BCUT2D eigenvalue weighted by Gasteiger charge is -2.17. The van der Waals surface area contributed by atoms with Gasteiger partial charge in [-0.1, -0.05) is 6.08 Å². The van der Waals surface area contributed by atoms with Gasteiger partial charge in [0.25, 0.3) is 0 Å². The average molecular weight is 168 g/mol. The monoisotopic (exact) mass is 168 g/mol. The third kappa shape index (κ3) is 1.87. The Balaban J connectivity index is 1.63. The van der Waals surface area contributed by atoms with Gasteiger partial charge in [0.05, 0.1) is 18.8 Å². The molecule has 1 heterocycles. The number of fused-ring (bicyclic) bond motifs is 1. The van der Waals surface area contributed by atoms with Crippen molar-refractivity contribution in [2.75, 3.05) is 13.2 Å². The molecule has 1 saturated heterocycles. The van der Waals surface area contributed by atoms with Gasteiger partial charge < -0.3 is 9.47 Å². The van der Waals surface area contributed by atoms with E-state index in [4.69, 9.17) is 9.47 Å². The number of hydrogen-bond acceptors (Lipinski definition) is 2. The smallest absolute Gasteiger partial charge is 0.0845 e. The second-order valence-corrected chi connectivity index (χ2v) is 3.72. The highest BCUT2D eigenvalue weighted by Crippen LogP contribution is 2.39. The van der Waals surface area contributed by atoms with E-state index in [9.17, 15) is 0 Å². The molecule has 1 aliphatic heterocycles. The van der Waals surface area contributed by atoms with Crippen LogP contribution in [0, 0.1) is 5.92 Å². The van der Waals surface area contributed by atoms with E-state index in [2.05, 4.69) is 6.58 Å². The van der Waals surface area contributed by atoms with Crippen LogP contribution in [0.2, 0.25) is 0 Å². The van der Waals surface area contributed by atoms with Crippen molar-refractivity contribution in [2.24, 2.45) is 5.92 Å². The van der Waals surface area contributed by atoms with E-state index in [0.717, 1.165) is 12.5 Å². The molecule has 0 radical (unpaired) electrons. The number of rotatable bonds is 4. The summed E-state index contributed by atoms with van der Waals surface area (Å²) in [7, 11) is 0. The molecule has 2 fully saturated rings. The summed E-state index contributed by atoms with van der Waals surface area (Å²) < 4.78 is 10.9. The van der Waals surface area contributed by atoms with Gasteiger partial charge in [-0.25, -0.2) is 0 Å². The molecule has 3 unspecified atom stereocenters. The Morgan fingerprint density at radius 3 is 3.08 bits per heavy atom. The van der Waals surface area contributed by atoms with Gasteiger partial charge in [-0.2, -0.15) is 0 Å². The molecule has 2 rings (SSSR count). The topological polar surface area (TPSA) is 21.8 Å². The molecule has 0 spiro atoms. The SMILES string of the molecule is C=CCOCC1CCC2OC2C1. The normalized spacial score (nSPS) is 38.8. The average Bonchev–Trinajstić information content (AvgIpc) is 2.83. The predicted octanol–water partition coefficient (Wildman–Crippen LogP) is 1.76. The predicted molar refractivity (Wildman–Crippen MR) is 47.0 cm³/mol. The number of ether oxygens (including phenoxy) is 2. The number of hydrogen-bond donors (Lipinski definition) is 0. The highest BCUT2D eigenvalue weighted by molar-refractivity contribution is 4.91. The van der Waals surface area contributed by atoms with Crippen molar-refractivity contribution in [3.8, 4) is 0 Å². The molecule has 68 valence electrons. The van der Waals surface area contributed by atoms with Crippen molar-refractivity contribution < 1.29 is 9.47 Å². The zero-order valence-electron chi connectivity index (χ0n) is 7.37. The summed E-state index contributed by atoms with van der Waals surface area (Å²) >= 11 is 0. The minimum atomic E-state index is 0.580. The van der Waals surface area contributed by atoms with Gasteiger partial charge >= 0.3 is 0 Å². The Labute approximate surface area is 73.5 Å². The summed E-state index contributed by atoms with van der Waals surface area (Å²) in [5.41, 5.74) is 0. The molecule has 3 atom stereocenters. The van der Waals surface area contributed by atoms with Gasteiger partial charge in [-0.15, -0.1) is 6.58 Å². The molecule has 2 heteroatoms. The van der Waals surface area contributed by atoms with Crippen molar-refractivity contribution in [1.29, 1.82) is 0 Å². The van der Waals surface area contributed by atoms with E-state index >= 15 is 0 Å². The molecule has 1 saturated carbocycles. The molecule has 0 aromatic carbocycles. The summed E-state index contributed by atoms with van der Waals surface area (Å²) in [6, 6.07) is 0. The molecule has 0 amide bonds. The summed E-state index contributed by atoms with van der Waals surface area (Å²) in [6.07, 6.45) is 6.73. The van der Waals surface area contributed by atoms with Crippen molar-refractivity contribution in [3.63, 3.8) is 0 Å². The maximum Gasteiger partial charge on any atom is 0.0845 e. The third-order valence-electron chi connectivity index (χ3n) is 2.70. The first-order chi connectivity index (χ1) is 5.90. The minimum absolute atomic E-state index is 0.580. The van der Waals surface area contributed by atoms with Gasteiger partial charge in [0.2, 0.25) is 0 Å². The van der Waals surface area contributed by atoms with Crippen LogP contribution in [-0.2, 0) is 9.47 Å². The highest BCUT2D eigenvalue weighted by Gasteiger charge is 2.43. The van der Waals surface area contributed by atoms with E-state index in [1.807, 2.05) is 0 Å². The van der Waals surface area contributed by atoms with E-state index in [1.165, 1.54) is 19.3 Å². The molecule has 12 heavy (non-hydrogen) atoms. The number of epoxide rings is 1. The lowest BCUT2D eigenvalue weighted by Crippen LogP contribution is -2.18. The van der Waals surface area contributed by atoms with Gasteiger partial charge in [0, 0.05) is 6.61 Å². The Morgan fingerprint density at radius 1 is 1.42 bits per heavy atom. The molecule has 2 nitrogen and oxygen atoms in total. The largest absolute Gasteiger partial charge is 0.377 e. The van der Waals surface area contributed by atoms with E-state index < -0.39 is 0 Å². The van der Waals surface area contributed by atoms with Crippen LogP contribution in [-0.4, -0.2) is 25.4 Å². The molecule has 1 aliphatic carbocycles. The Hall–Kier alpha value is -0.340. The van der Waals surface area contributed by atoms with Gasteiger partial charge in [0.1, 0.15) is 0 Å². The van der Waals surface area contributed by atoms with E-state index in [-0.39, 0.29) is 0 Å². The van der Waals surface area contributed by atoms with Crippen LogP contribution in [0.15, 0.2) is 12.7 Å². The second kappa shape index (κ2) is 3.58. The maximum atomic E-state index is 5.44. The molecule has 2 aliphatic rings. The summed E-state index contributed by atoms with van der Waals surface area (Å²) in [4.78, 5) is 0. The van der Waals surface area contributed by atoms with E-state index in [0.29, 0.717) is 18.8 Å². The molecular formula is C10H16O2. The summed E-state index contributed by atoms with van der Waals surface area (Å²) in [5, 5.41) is 0. The van der Waals surface area contributed by atoms with Crippen LogP contribution in [0.3, 0.4) is 0 Å². The fourth-order valence-corrected chi connectivity index (χ4v) is 1.96. The van der Waals surface area contributed by atoms with Crippen LogP contribution >= 0.6 is 0 Å². The zero-order chi connectivity index (χ0) is 8.39. The Kier molecular flexibility index (Phi) is 2.47. The molecular weight excluding hydrogens is 152 g/mol. The standard InChI is InChI=1S/C10H16O2/c1-2-5-11-7-8-3-4-9-10(6-8)12-9/h2,8-10H,1,3-7H2. The van der Waals surface area contributed by atoms with Gasteiger partial charge in [-0.05, 0) is 25.2 Å². The van der Waals surface area contributed by atoms with Crippen molar-refractivity contribution in [3.05, 3.63) is 12.7 Å². The van der Waals surface area contributed by atoms with Crippen LogP contribution in [0.1, 0.15) is 19.3 Å². The first kappa shape index (κ1) is 8.27. The van der Waals surface area contributed by atoms with Gasteiger partial charge in [-0.3, -0.25) is 0 Å². The molecule has 0 aromatic heterocycles. The highest BCUT2D eigenvalue weighted by atomic mass is 16.6. The fraction of sp³-hybridized carbons (Fsp3) is 0.800. The fourth-order valence-electron chi connectivity index (χ4n) is 1.96. The van der Waals surface area contributed by atoms with Crippen LogP contribution < -0.4 is 0 Å². The maximum absolute atomic E-state index is 5.44. The third-order valence-corrected chi connectivity index (χ3v) is 2.70. The Morgan fingerprint density at radius 2 is 2.33 bits per heavy atom. The van der Waals surface area contributed by atoms with Gasteiger partial charge in [0.15, 0.2) is 0 Å². The van der Waals surface area contributed by atoms with E-state index in [1.54, 1.807) is 6.08 Å². The van der Waals surface area contributed by atoms with Crippen molar-refractivity contribution in [1.82, 2.24) is 0 Å². The lowest BCUT2D eigenvalue weighted by molar-refractivity contribution is 0.109.